The number of carbonyl (C=O) groups excluding carboxylic acids is 1. The molecule has 0 aliphatic rings. The number of nitrogens with zero attached hydrogens (tertiary/aromatic N) is 2. The fourth-order valence-electron chi connectivity index (χ4n) is 2.95. The summed E-state index contributed by atoms with van der Waals surface area (Å²) in [5, 5.41) is 6.87. The van der Waals surface area contributed by atoms with Gasteiger partial charge in [0, 0.05) is 16.8 Å². The Morgan fingerprint density at radius 2 is 1.58 bits per heavy atom. The Morgan fingerprint density at radius 1 is 0.903 bits per heavy atom. The number of carbonyl (C=O) groups is 1. The Morgan fingerprint density at radius 3 is 2.29 bits per heavy atom. The van der Waals surface area contributed by atoms with Crippen molar-refractivity contribution in [2.24, 2.45) is 0 Å². The molecule has 4 aromatic rings. The molecule has 156 valence electrons. The van der Waals surface area contributed by atoms with Crippen LogP contribution in [-0.2, 0) is 4.79 Å². The van der Waals surface area contributed by atoms with Crippen LogP contribution in [0.3, 0.4) is 0 Å². The second-order valence-electron chi connectivity index (χ2n) is 6.77. The Balaban J connectivity index is 1.40. The van der Waals surface area contributed by atoms with Crippen LogP contribution in [0.4, 0.5) is 5.69 Å². The number of amides is 1. The van der Waals surface area contributed by atoms with E-state index in [1.165, 1.54) is 0 Å². The van der Waals surface area contributed by atoms with Crippen molar-refractivity contribution < 1.29 is 18.8 Å². The first-order chi connectivity index (χ1) is 15.1. The predicted molar refractivity (Wildman–Crippen MR) is 117 cm³/mol. The van der Waals surface area contributed by atoms with E-state index in [2.05, 4.69) is 15.5 Å². The van der Waals surface area contributed by atoms with Gasteiger partial charge in [0.15, 0.2) is 17.6 Å². The van der Waals surface area contributed by atoms with Gasteiger partial charge in [0.25, 0.3) is 11.8 Å². The zero-order valence-corrected chi connectivity index (χ0v) is 17.1. The third-order valence-corrected chi connectivity index (χ3v) is 4.60. The number of aromatic nitrogens is 2. The Kier molecular flexibility index (Phi) is 5.93. The van der Waals surface area contributed by atoms with Crippen molar-refractivity contribution in [1.29, 1.82) is 0 Å². The molecule has 7 nitrogen and oxygen atoms in total. The van der Waals surface area contributed by atoms with Crippen molar-refractivity contribution in [1.82, 2.24) is 10.1 Å². The number of hydrogen-bond acceptors (Lipinski definition) is 6. The second kappa shape index (κ2) is 9.13. The summed E-state index contributed by atoms with van der Waals surface area (Å²) < 4.78 is 16.4. The SMILES string of the molecule is COc1ccccc1O[C@@H](C)C(=O)Nc1ccc(-c2nc(-c3ccccc3)no2)cc1. The van der Waals surface area contributed by atoms with Crippen LogP contribution in [0.1, 0.15) is 6.92 Å². The van der Waals surface area contributed by atoms with Gasteiger partial charge < -0.3 is 19.3 Å². The topological polar surface area (TPSA) is 86.5 Å². The average Bonchev–Trinajstić information content (AvgIpc) is 3.31. The minimum absolute atomic E-state index is 0.275. The van der Waals surface area contributed by atoms with Gasteiger partial charge in [0.05, 0.1) is 7.11 Å². The number of benzene rings is 3. The van der Waals surface area contributed by atoms with E-state index in [-0.39, 0.29) is 5.91 Å². The highest BCUT2D eigenvalue weighted by atomic mass is 16.5. The van der Waals surface area contributed by atoms with Gasteiger partial charge in [-0.1, -0.05) is 47.6 Å². The largest absolute Gasteiger partial charge is 0.493 e. The molecule has 0 spiro atoms. The molecule has 0 bridgehead atoms. The number of nitrogens with one attached hydrogen (secondary N) is 1. The van der Waals surface area contributed by atoms with Gasteiger partial charge >= 0.3 is 0 Å². The molecule has 1 amide bonds. The zero-order valence-electron chi connectivity index (χ0n) is 17.1. The minimum atomic E-state index is -0.708. The summed E-state index contributed by atoms with van der Waals surface area (Å²) in [6.45, 7) is 1.68. The van der Waals surface area contributed by atoms with Gasteiger partial charge in [-0.25, -0.2) is 0 Å². The molecular weight excluding hydrogens is 394 g/mol. The van der Waals surface area contributed by atoms with E-state index in [0.29, 0.717) is 28.9 Å². The summed E-state index contributed by atoms with van der Waals surface area (Å²) in [5.41, 5.74) is 2.27. The summed E-state index contributed by atoms with van der Waals surface area (Å²) in [6.07, 6.45) is -0.708. The highest BCUT2D eigenvalue weighted by Gasteiger charge is 2.17. The Hall–Kier alpha value is -4.13. The molecule has 0 fully saturated rings. The smallest absolute Gasteiger partial charge is 0.265 e. The summed E-state index contributed by atoms with van der Waals surface area (Å²) >= 11 is 0. The number of hydrogen-bond donors (Lipinski definition) is 1. The molecule has 4 rings (SSSR count). The van der Waals surface area contributed by atoms with Crippen molar-refractivity contribution in [3.63, 3.8) is 0 Å². The number of ether oxygens (including phenoxy) is 2. The molecule has 3 aromatic carbocycles. The van der Waals surface area contributed by atoms with Crippen LogP contribution in [0, 0.1) is 0 Å². The lowest BCUT2D eigenvalue weighted by atomic mass is 10.2. The molecule has 1 atom stereocenters. The second-order valence-corrected chi connectivity index (χ2v) is 6.77. The van der Waals surface area contributed by atoms with Gasteiger partial charge in [-0.2, -0.15) is 4.98 Å². The molecule has 0 radical (unpaired) electrons. The summed E-state index contributed by atoms with van der Waals surface area (Å²) in [4.78, 5) is 16.9. The van der Waals surface area contributed by atoms with Crippen LogP contribution >= 0.6 is 0 Å². The fourth-order valence-corrected chi connectivity index (χ4v) is 2.95. The molecule has 0 aliphatic carbocycles. The first-order valence-electron chi connectivity index (χ1n) is 9.74. The van der Waals surface area contributed by atoms with Crippen molar-refractivity contribution in [3.8, 4) is 34.3 Å². The summed E-state index contributed by atoms with van der Waals surface area (Å²) in [5.74, 6) is 1.73. The molecule has 1 heterocycles. The average molecular weight is 415 g/mol. The molecule has 31 heavy (non-hydrogen) atoms. The predicted octanol–water partition coefficient (Wildman–Crippen LogP) is 4.82. The molecule has 1 aromatic heterocycles. The third-order valence-electron chi connectivity index (χ3n) is 4.60. The number of methoxy groups -OCH3 is 1. The standard InChI is InChI=1S/C24H21N3O4/c1-16(30-21-11-7-6-10-20(21)29-2)23(28)25-19-14-12-18(13-15-19)24-26-22(27-31-24)17-8-4-3-5-9-17/h3-16H,1-2H3,(H,25,28)/t16-/m0/s1. The van der Waals surface area contributed by atoms with Crippen LogP contribution < -0.4 is 14.8 Å². The van der Waals surface area contributed by atoms with E-state index in [1.54, 1.807) is 38.3 Å². The van der Waals surface area contributed by atoms with Crippen LogP contribution in [-0.4, -0.2) is 29.3 Å². The van der Waals surface area contributed by atoms with E-state index in [4.69, 9.17) is 14.0 Å². The molecule has 0 saturated heterocycles. The fraction of sp³-hybridized carbons (Fsp3) is 0.125. The number of anilines is 1. The monoisotopic (exact) mass is 415 g/mol. The Bertz CT molecular complexity index is 1160. The molecule has 0 saturated carbocycles. The van der Waals surface area contributed by atoms with Gasteiger partial charge in [0.2, 0.25) is 5.82 Å². The lowest BCUT2D eigenvalue weighted by molar-refractivity contribution is -0.122. The lowest BCUT2D eigenvalue weighted by Gasteiger charge is -2.16. The summed E-state index contributed by atoms with van der Waals surface area (Å²) in [7, 11) is 1.56. The van der Waals surface area contributed by atoms with Gasteiger partial charge in [-0.3, -0.25) is 4.79 Å². The van der Waals surface area contributed by atoms with Crippen molar-refractivity contribution in [3.05, 3.63) is 78.9 Å². The van der Waals surface area contributed by atoms with E-state index in [1.807, 2.05) is 54.6 Å². The number of para-hydroxylation sites is 2. The van der Waals surface area contributed by atoms with Crippen molar-refractivity contribution in [2.45, 2.75) is 13.0 Å². The maximum atomic E-state index is 12.5. The molecule has 7 heteroatoms. The van der Waals surface area contributed by atoms with Crippen LogP contribution in [0.5, 0.6) is 11.5 Å². The first-order valence-corrected chi connectivity index (χ1v) is 9.74. The minimum Gasteiger partial charge on any atom is -0.493 e. The van der Waals surface area contributed by atoms with Gasteiger partial charge in [-0.15, -0.1) is 0 Å². The van der Waals surface area contributed by atoms with Crippen LogP contribution in [0.25, 0.3) is 22.8 Å². The molecule has 0 unspecified atom stereocenters. The van der Waals surface area contributed by atoms with Gasteiger partial charge in [0.1, 0.15) is 0 Å². The molecule has 0 aliphatic heterocycles. The van der Waals surface area contributed by atoms with Crippen molar-refractivity contribution in [2.75, 3.05) is 12.4 Å². The third kappa shape index (κ3) is 4.72. The highest BCUT2D eigenvalue weighted by Crippen LogP contribution is 2.27. The van der Waals surface area contributed by atoms with E-state index in [9.17, 15) is 4.79 Å². The van der Waals surface area contributed by atoms with Crippen molar-refractivity contribution >= 4 is 11.6 Å². The van der Waals surface area contributed by atoms with Crippen LogP contribution in [0.2, 0.25) is 0 Å². The molecule has 1 N–H and O–H groups in total. The van der Waals surface area contributed by atoms with Gasteiger partial charge in [-0.05, 0) is 43.3 Å². The summed E-state index contributed by atoms with van der Waals surface area (Å²) in [6, 6.07) is 24.0. The maximum absolute atomic E-state index is 12.5. The quantitative estimate of drug-likeness (QED) is 0.466. The lowest BCUT2D eigenvalue weighted by Crippen LogP contribution is -2.30. The molecular formula is C24H21N3O4. The van der Waals surface area contributed by atoms with Crippen LogP contribution in [0.15, 0.2) is 83.4 Å². The van der Waals surface area contributed by atoms with E-state index >= 15 is 0 Å². The van der Waals surface area contributed by atoms with E-state index < -0.39 is 6.10 Å². The number of rotatable bonds is 7. The normalized spacial score (nSPS) is 11.5. The Labute approximate surface area is 179 Å². The highest BCUT2D eigenvalue weighted by molar-refractivity contribution is 5.94. The maximum Gasteiger partial charge on any atom is 0.265 e. The first kappa shape index (κ1) is 20.2. The van der Waals surface area contributed by atoms with E-state index in [0.717, 1.165) is 11.1 Å². The zero-order chi connectivity index (χ0) is 21.6.